The van der Waals surface area contributed by atoms with Crippen molar-refractivity contribution in [2.24, 2.45) is 0 Å². The zero-order valence-electron chi connectivity index (χ0n) is 17.6. The number of anilines is 1. The monoisotopic (exact) mass is 420 g/mol. The lowest BCUT2D eigenvalue weighted by molar-refractivity contribution is 0.565. The lowest BCUT2D eigenvalue weighted by atomic mass is 9.90. The highest BCUT2D eigenvalue weighted by Gasteiger charge is 2.24. The van der Waals surface area contributed by atoms with Crippen LogP contribution < -0.4 is 10.9 Å². The van der Waals surface area contributed by atoms with Gasteiger partial charge in [-0.25, -0.2) is 4.68 Å². The number of hydrogen-bond donors (Lipinski definition) is 2. The summed E-state index contributed by atoms with van der Waals surface area (Å²) in [7, 11) is 0. The molecule has 0 atom stereocenters. The average Bonchev–Trinajstić information content (AvgIpc) is 3.06. The van der Waals surface area contributed by atoms with Crippen molar-refractivity contribution in [1.29, 1.82) is 0 Å². The molecule has 5 nitrogen and oxygen atoms in total. The van der Waals surface area contributed by atoms with Gasteiger partial charge in [-0.15, -0.1) is 0 Å². The van der Waals surface area contributed by atoms with Gasteiger partial charge in [0.05, 0.1) is 11.4 Å². The predicted octanol–water partition coefficient (Wildman–Crippen LogP) is 5.59. The summed E-state index contributed by atoms with van der Waals surface area (Å²) >= 11 is 6.04. The largest absolute Gasteiger partial charge is 0.381 e. The van der Waals surface area contributed by atoms with Crippen molar-refractivity contribution < 1.29 is 0 Å². The molecule has 0 saturated carbocycles. The normalized spacial score (nSPS) is 11.8. The molecule has 2 aromatic carbocycles. The summed E-state index contributed by atoms with van der Waals surface area (Å²) in [5.41, 5.74) is 5.00. The van der Waals surface area contributed by atoms with Gasteiger partial charge in [0.25, 0.3) is 5.56 Å². The van der Waals surface area contributed by atoms with Crippen LogP contribution >= 0.6 is 11.6 Å². The first-order valence-corrected chi connectivity index (χ1v) is 10.3. The van der Waals surface area contributed by atoms with Crippen LogP contribution in [-0.4, -0.2) is 14.8 Å². The van der Waals surface area contributed by atoms with Gasteiger partial charge in [-0.05, 0) is 49.4 Å². The number of aromatic nitrogens is 3. The molecule has 4 aromatic rings. The number of aryl methyl sites for hydroxylation is 1. The Kier molecular flexibility index (Phi) is 5.16. The SMILES string of the molecule is Cc1ccc(NCc2cc3c(C(C)(C)C)nn(-c4ccc(Cl)cc4)c3[nH]c2=O)cc1. The van der Waals surface area contributed by atoms with E-state index in [4.69, 9.17) is 16.7 Å². The minimum Gasteiger partial charge on any atom is -0.381 e. The maximum Gasteiger partial charge on any atom is 0.254 e. The maximum absolute atomic E-state index is 12.8. The number of aromatic amines is 1. The van der Waals surface area contributed by atoms with E-state index in [9.17, 15) is 4.79 Å². The predicted molar refractivity (Wildman–Crippen MR) is 124 cm³/mol. The minimum absolute atomic E-state index is 0.127. The van der Waals surface area contributed by atoms with E-state index in [2.05, 4.69) is 38.0 Å². The van der Waals surface area contributed by atoms with Crippen LogP contribution in [0.5, 0.6) is 0 Å². The molecule has 0 amide bonds. The van der Waals surface area contributed by atoms with Crippen LogP contribution in [0.25, 0.3) is 16.7 Å². The minimum atomic E-state index is -0.185. The summed E-state index contributed by atoms with van der Waals surface area (Å²) in [5.74, 6) is 0. The van der Waals surface area contributed by atoms with E-state index in [0.717, 1.165) is 22.5 Å². The van der Waals surface area contributed by atoms with Gasteiger partial charge in [0.15, 0.2) is 0 Å². The third-order valence-corrected chi connectivity index (χ3v) is 5.33. The fourth-order valence-corrected chi connectivity index (χ4v) is 3.56. The second-order valence-corrected chi connectivity index (χ2v) is 9.03. The van der Waals surface area contributed by atoms with Gasteiger partial charge in [-0.1, -0.05) is 50.1 Å². The molecule has 6 heteroatoms. The van der Waals surface area contributed by atoms with Crippen molar-refractivity contribution in [1.82, 2.24) is 14.8 Å². The molecule has 4 rings (SSSR count). The molecular formula is C24H25ClN4O. The van der Waals surface area contributed by atoms with Gasteiger partial charge >= 0.3 is 0 Å². The van der Waals surface area contributed by atoms with Crippen molar-refractivity contribution in [2.75, 3.05) is 5.32 Å². The summed E-state index contributed by atoms with van der Waals surface area (Å²) in [4.78, 5) is 15.9. The van der Waals surface area contributed by atoms with Crippen molar-refractivity contribution in [2.45, 2.75) is 39.7 Å². The molecule has 0 radical (unpaired) electrons. The van der Waals surface area contributed by atoms with Crippen molar-refractivity contribution in [3.8, 4) is 5.69 Å². The Morgan fingerprint density at radius 1 is 1.07 bits per heavy atom. The molecule has 2 N–H and O–H groups in total. The van der Waals surface area contributed by atoms with Crippen LogP contribution in [-0.2, 0) is 12.0 Å². The summed E-state index contributed by atoms with van der Waals surface area (Å²) < 4.78 is 1.78. The van der Waals surface area contributed by atoms with Crippen LogP contribution in [0.2, 0.25) is 5.02 Å². The Morgan fingerprint density at radius 2 is 1.73 bits per heavy atom. The van der Waals surface area contributed by atoms with E-state index in [0.29, 0.717) is 22.8 Å². The zero-order valence-corrected chi connectivity index (χ0v) is 18.3. The van der Waals surface area contributed by atoms with Crippen LogP contribution in [0.15, 0.2) is 59.4 Å². The Balaban J connectivity index is 1.79. The number of hydrogen-bond acceptors (Lipinski definition) is 3. The molecule has 0 unspecified atom stereocenters. The van der Waals surface area contributed by atoms with E-state index < -0.39 is 0 Å². The van der Waals surface area contributed by atoms with Crippen molar-refractivity contribution in [3.63, 3.8) is 0 Å². The summed E-state index contributed by atoms with van der Waals surface area (Å²) in [5, 5.41) is 9.79. The summed E-state index contributed by atoms with van der Waals surface area (Å²) in [6, 6.07) is 17.5. The van der Waals surface area contributed by atoms with Crippen LogP contribution in [0.3, 0.4) is 0 Å². The fraction of sp³-hybridized carbons (Fsp3) is 0.250. The molecule has 0 saturated heterocycles. The van der Waals surface area contributed by atoms with E-state index in [1.54, 1.807) is 4.68 Å². The molecule has 154 valence electrons. The molecule has 0 bridgehead atoms. The van der Waals surface area contributed by atoms with Crippen LogP contribution in [0.4, 0.5) is 5.69 Å². The second kappa shape index (κ2) is 7.65. The van der Waals surface area contributed by atoms with Crippen LogP contribution in [0, 0.1) is 6.92 Å². The van der Waals surface area contributed by atoms with Crippen molar-refractivity contribution >= 4 is 28.3 Å². The Hall–Kier alpha value is -3.05. The molecular weight excluding hydrogens is 396 g/mol. The van der Waals surface area contributed by atoms with Gasteiger partial charge in [0.1, 0.15) is 5.65 Å². The highest BCUT2D eigenvalue weighted by atomic mass is 35.5. The Morgan fingerprint density at radius 3 is 2.37 bits per heavy atom. The maximum atomic E-state index is 12.8. The van der Waals surface area contributed by atoms with E-state index in [-0.39, 0.29) is 11.0 Å². The summed E-state index contributed by atoms with van der Waals surface area (Å²) in [6.07, 6.45) is 0. The third-order valence-electron chi connectivity index (χ3n) is 5.08. The van der Waals surface area contributed by atoms with Crippen LogP contribution in [0.1, 0.15) is 37.6 Å². The molecule has 0 spiro atoms. The van der Waals surface area contributed by atoms with E-state index in [1.165, 1.54) is 5.56 Å². The number of rotatable bonds is 4. The molecule has 0 aliphatic carbocycles. The lowest BCUT2D eigenvalue weighted by Crippen LogP contribution is -2.17. The molecule has 2 heterocycles. The molecule has 0 fully saturated rings. The van der Waals surface area contributed by atoms with Gasteiger partial charge in [-0.2, -0.15) is 5.10 Å². The highest BCUT2D eigenvalue weighted by molar-refractivity contribution is 6.30. The Bertz CT molecular complexity index is 1250. The number of fused-ring (bicyclic) bond motifs is 1. The quantitative estimate of drug-likeness (QED) is 0.452. The number of halogens is 1. The molecule has 2 aromatic heterocycles. The number of pyridine rings is 1. The number of nitrogens with one attached hydrogen (secondary N) is 2. The fourth-order valence-electron chi connectivity index (χ4n) is 3.44. The number of benzene rings is 2. The molecule has 30 heavy (non-hydrogen) atoms. The van der Waals surface area contributed by atoms with Crippen molar-refractivity contribution in [3.05, 3.63) is 86.8 Å². The molecule has 0 aliphatic heterocycles. The topological polar surface area (TPSA) is 62.7 Å². The smallest absolute Gasteiger partial charge is 0.254 e. The van der Waals surface area contributed by atoms with E-state index >= 15 is 0 Å². The zero-order chi connectivity index (χ0) is 21.5. The standard InChI is InChI=1S/C24H25ClN4O/c1-15-5-9-18(10-6-15)26-14-16-13-20-21(24(2,3)4)28-29(22(20)27-23(16)30)19-11-7-17(25)8-12-19/h5-13,26H,14H2,1-4H3,(H,27,30). The van der Waals surface area contributed by atoms with E-state index in [1.807, 2.05) is 54.6 Å². The van der Waals surface area contributed by atoms with Gasteiger partial charge < -0.3 is 10.3 Å². The number of H-pyrrole nitrogens is 1. The first-order valence-electron chi connectivity index (χ1n) is 9.94. The average molecular weight is 421 g/mol. The van der Waals surface area contributed by atoms with Gasteiger partial charge in [0.2, 0.25) is 0 Å². The lowest BCUT2D eigenvalue weighted by Gasteiger charge is -2.15. The molecule has 0 aliphatic rings. The van der Waals surface area contributed by atoms with Gasteiger partial charge in [0, 0.05) is 33.6 Å². The number of nitrogens with zero attached hydrogens (tertiary/aromatic N) is 2. The first kappa shape index (κ1) is 20.2. The Labute approximate surface area is 180 Å². The summed E-state index contributed by atoms with van der Waals surface area (Å²) in [6.45, 7) is 8.85. The van der Waals surface area contributed by atoms with Gasteiger partial charge in [-0.3, -0.25) is 4.79 Å². The first-order chi connectivity index (χ1) is 14.2. The highest BCUT2D eigenvalue weighted by Crippen LogP contribution is 2.30. The third kappa shape index (κ3) is 3.98. The second-order valence-electron chi connectivity index (χ2n) is 8.59.